The largest absolute Gasteiger partial charge is 0.379 e. The van der Waals surface area contributed by atoms with Gasteiger partial charge in [0.15, 0.2) is 0 Å². The number of hydrogen-bond donors (Lipinski definition) is 1. The summed E-state index contributed by atoms with van der Waals surface area (Å²) in [5.74, 6) is 0. The Morgan fingerprint density at radius 1 is 1.05 bits per heavy atom. The Morgan fingerprint density at radius 3 is 2.25 bits per heavy atom. The normalized spacial score (nSPS) is 13.4. The van der Waals surface area contributed by atoms with Crippen LogP contribution in [0.15, 0.2) is 24.3 Å². The first-order chi connectivity index (χ1) is 9.45. The fourth-order valence-electron chi connectivity index (χ4n) is 2.17. The molecule has 0 bridgehead atoms. The van der Waals surface area contributed by atoms with Gasteiger partial charge in [0.25, 0.3) is 0 Å². The lowest BCUT2D eigenvalue weighted by Crippen LogP contribution is -2.18. The molecule has 1 atom stereocenters. The number of rotatable bonds is 8. The molecule has 1 rings (SSSR count). The number of ether oxygens (including phenoxy) is 1. The highest BCUT2D eigenvalue weighted by Crippen LogP contribution is 2.23. The molecule has 0 saturated heterocycles. The van der Waals surface area contributed by atoms with Crippen LogP contribution in [-0.2, 0) is 10.2 Å². The zero-order chi connectivity index (χ0) is 15.0. The van der Waals surface area contributed by atoms with E-state index in [1.165, 1.54) is 24.8 Å². The molecule has 0 aliphatic rings. The van der Waals surface area contributed by atoms with Gasteiger partial charge in [0.05, 0.1) is 12.6 Å². The zero-order valence-corrected chi connectivity index (χ0v) is 13.6. The molecular formula is C18H31NO. The van der Waals surface area contributed by atoms with E-state index in [0.717, 1.165) is 18.6 Å². The summed E-state index contributed by atoms with van der Waals surface area (Å²) in [5, 5.41) is 0. The molecule has 0 heterocycles. The number of nitrogens with two attached hydrogens (primary N) is 1. The van der Waals surface area contributed by atoms with Crippen LogP contribution in [0.25, 0.3) is 0 Å². The van der Waals surface area contributed by atoms with Crippen LogP contribution < -0.4 is 5.73 Å². The third kappa shape index (κ3) is 6.06. The summed E-state index contributed by atoms with van der Waals surface area (Å²) in [6, 6.07) is 8.60. The average Bonchev–Trinajstić information content (AvgIpc) is 2.41. The Labute approximate surface area is 124 Å². The second-order valence-electron chi connectivity index (χ2n) is 6.61. The standard InChI is InChI=1S/C18H31NO/c1-5-6-7-8-13-20-14-17(19)15-9-11-16(12-10-15)18(2,3)4/h9-12,17H,5-8,13-14,19H2,1-4H3. The Balaban J connectivity index is 2.34. The van der Waals surface area contributed by atoms with E-state index in [0.29, 0.717) is 6.61 Å². The quantitative estimate of drug-likeness (QED) is 0.706. The number of hydrogen-bond acceptors (Lipinski definition) is 2. The molecule has 0 radical (unpaired) electrons. The van der Waals surface area contributed by atoms with Gasteiger partial charge in [0.1, 0.15) is 0 Å². The van der Waals surface area contributed by atoms with Gasteiger partial charge < -0.3 is 10.5 Å². The van der Waals surface area contributed by atoms with Crippen LogP contribution >= 0.6 is 0 Å². The van der Waals surface area contributed by atoms with Crippen molar-refractivity contribution in [2.75, 3.05) is 13.2 Å². The highest BCUT2D eigenvalue weighted by molar-refractivity contribution is 5.29. The highest BCUT2D eigenvalue weighted by atomic mass is 16.5. The van der Waals surface area contributed by atoms with Crippen molar-refractivity contribution in [3.05, 3.63) is 35.4 Å². The second kappa shape index (κ2) is 8.43. The topological polar surface area (TPSA) is 35.2 Å². The SMILES string of the molecule is CCCCCCOCC(N)c1ccc(C(C)(C)C)cc1. The van der Waals surface area contributed by atoms with Crippen molar-refractivity contribution >= 4 is 0 Å². The molecule has 1 unspecified atom stereocenters. The fraction of sp³-hybridized carbons (Fsp3) is 0.667. The Hall–Kier alpha value is -0.860. The van der Waals surface area contributed by atoms with Crippen LogP contribution in [0, 0.1) is 0 Å². The lowest BCUT2D eigenvalue weighted by Gasteiger charge is -2.20. The molecule has 0 amide bonds. The van der Waals surface area contributed by atoms with Gasteiger partial charge in [-0.3, -0.25) is 0 Å². The molecule has 0 fully saturated rings. The van der Waals surface area contributed by atoms with Crippen molar-refractivity contribution in [2.45, 2.75) is 64.8 Å². The van der Waals surface area contributed by atoms with Gasteiger partial charge in [-0.1, -0.05) is 71.2 Å². The number of benzene rings is 1. The van der Waals surface area contributed by atoms with Gasteiger partial charge in [-0.05, 0) is 23.0 Å². The molecule has 2 heteroatoms. The van der Waals surface area contributed by atoms with Gasteiger partial charge in [-0.15, -0.1) is 0 Å². The van der Waals surface area contributed by atoms with Crippen molar-refractivity contribution in [3.63, 3.8) is 0 Å². The molecule has 0 aliphatic heterocycles. The summed E-state index contributed by atoms with van der Waals surface area (Å²) in [7, 11) is 0. The summed E-state index contributed by atoms with van der Waals surface area (Å²) < 4.78 is 5.67. The molecule has 1 aromatic carbocycles. The van der Waals surface area contributed by atoms with E-state index in [1.54, 1.807) is 0 Å². The van der Waals surface area contributed by atoms with Crippen molar-refractivity contribution < 1.29 is 4.74 Å². The summed E-state index contributed by atoms with van der Waals surface area (Å²) in [6.45, 7) is 10.3. The molecule has 20 heavy (non-hydrogen) atoms. The maximum Gasteiger partial charge on any atom is 0.0659 e. The van der Waals surface area contributed by atoms with Crippen molar-refractivity contribution in [1.82, 2.24) is 0 Å². The molecule has 2 N–H and O–H groups in total. The van der Waals surface area contributed by atoms with Crippen molar-refractivity contribution in [3.8, 4) is 0 Å². The molecular weight excluding hydrogens is 246 g/mol. The second-order valence-corrected chi connectivity index (χ2v) is 6.61. The van der Waals surface area contributed by atoms with Crippen molar-refractivity contribution in [2.24, 2.45) is 5.73 Å². The van der Waals surface area contributed by atoms with Gasteiger partial charge in [0, 0.05) is 6.61 Å². The first-order valence-corrected chi connectivity index (χ1v) is 7.89. The van der Waals surface area contributed by atoms with Crippen LogP contribution in [0.2, 0.25) is 0 Å². The zero-order valence-electron chi connectivity index (χ0n) is 13.6. The minimum absolute atomic E-state index is 0.0183. The highest BCUT2D eigenvalue weighted by Gasteiger charge is 2.14. The van der Waals surface area contributed by atoms with Crippen LogP contribution in [0.5, 0.6) is 0 Å². The average molecular weight is 277 g/mol. The lowest BCUT2D eigenvalue weighted by atomic mass is 9.86. The van der Waals surface area contributed by atoms with E-state index in [1.807, 2.05) is 0 Å². The van der Waals surface area contributed by atoms with Crippen LogP contribution in [0.4, 0.5) is 0 Å². The summed E-state index contributed by atoms with van der Waals surface area (Å²) in [5.41, 5.74) is 8.86. The van der Waals surface area contributed by atoms with Crippen LogP contribution in [0.1, 0.15) is 70.5 Å². The van der Waals surface area contributed by atoms with E-state index in [2.05, 4.69) is 52.0 Å². The minimum Gasteiger partial charge on any atom is -0.379 e. The minimum atomic E-state index is -0.0183. The molecule has 1 aromatic rings. The first kappa shape index (κ1) is 17.2. The molecule has 0 aromatic heterocycles. The van der Waals surface area contributed by atoms with Crippen molar-refractivity contribution in [1.29, 1.82) is 0 Å². The summed E-state index contributed by atoms with van der Waals surface area (Å²) in [4.78, 5) is 0. The summed E-state index contributed by atoms with van der Waals surface area (Å²) >= 11 is 0. The van der Waals surface area contributed by atoms with Gasteiger partial charge >= 0.3 is 0 Å². The predicted octanol–water partition coefficient (Wildman–Crippen LogP) is 4.58. The van der Waals surface area contributed by atoms with Crippen LogP contribution in [0.3, 0.4) is 0 Å². The molecule has 0 spiro atoms. The Morgan fingerprint density at radius 2 is 1.70 bits per heavy atom. The van der Waals surface area contributed by atoms with Crippen LogP contribution in [-0.4, -0.2) is 13.2 Å². The molecule has 0 saturated carbocycles. The van der Waals surface area contributed by atoms with E-state index < -0.39 is 0 Å². The maximum atomic E-state index is 6.17. The predicted molar refractivity (Wildman–Crippen MR) is 87.0 cm³/mol. The lowest BCUT2D eigenvalue weighted by molar-refractivity contribution is 0.117. The third-order valence-corrected chi connectivity index (χ3v) is 3.64. The van der Waals surface area contributed by atoms with Gasteiger partial charge in [-0.2, -0.15) is 0 Å². The Bertz CT molecular complexity index is 364. The van der Waals surface area contributed by atoms with E-state index in [-0.39, 0.29) is 11.5 Å². The smallest absolute Gasteiger partial charge is 0.0659 e. The van der Waals surface area contributed by atoms with E-state index in [4.69, 9.17) is 10.5 Å². The Kier molecular flexibility index (Phi) is 7.25. The van der Waals surface area contributed by atoms with E-state index >= 15 is 0 Å². The van der Waals surface area contributed by atoms with E-state index in [9.17, 15) is 0 Å². The number of unbranched alkanes of at least 4 members (excludes halogenated alkanes) is 3. The molecule has 2 nitrogen and oxygen atoms in total. The molecule has 114 valence electrons. The first-order valence-electron chi connectivity index (χ1n) is 7.89. The third-order valence-electron chi connectivity index (χ3n) is 3.64. The monoisotopic (exact) mass is 277 g/mol. The maximum absolute atomic E-state index is 6.17. The van der Waals surface area contributed by atoms with Gasteiger partial charge in [-0.25, -0.2) is 0 Å². The molecule has 0 aliphatic carbocycles. The van der Waals surface area contributed by atoms with Gasteiger partial charge in [0.2, 0.25) is 0 Å². The summed E-state index contributed by atoms with van der Waals surface area (Å²) in [6.07, 6.45) is 4.96. The fourth-order valence-corrected chi connectivity index (χ4v) is 2.17.